The molecule has 0 bridgehead atoms. The molecule has 0 radical (unpaired) electrons. The van der Waals surface area contributed by atoms with Crippen LogP contribution in [0.25, 0.3) is 0 Å². The molecule has 1 amide bonds. The Labute approximate surface area is 153 Å². The van der Waals surface area contributed by atoms with Gasteiger partial charge in [0.1, 0.15) is 0 Å². The van der Waals surface area contributed by atoms with Crippen LogP contribution in [-0.2, 0) is 19.4 Å². The van der Waals surface area contributed by atoms with Crippen LogP contribution >= 0.6 is 0 Å². The fraction of sp³-hybridized carbons (Fsp3) is 0.368. The molecule has 2 aromatic rings. The molecule has 1 aliphatic carbocycles. The third kappa shape index (κ3) is 4.47. The maximum absolute atomic E-state index is 12.4. The standard InChI is InChI=1S/C19H22N2O4S/c1-25-10-3-11-26(23,24)16-7-5-15(6-8-16)21-19(22)18-12-17(18)14-4-2-9-20-13-14/h2,4-9,13,17-18H,3,10-12H2,1H3,(H,21,22)/t17-,18+/m0/s1. The van der Waals surface area contributed by atoms with Crippen molar-refractivity contribution in [2.75, 3.05) is 24.8 Å². The molecular formula is C19H22N2O4S. The monoisotopic (exact) mass is 374 g/mol. The van der Waals surface area contributed by atoms with Crippen LogP contribution in [0, 0.1) is 5.92 Å². The number of aromatic nitrogens is 1. The Morgan fingerprint density at radius 1 is 1.27 bits per heavy atom. The van der Waals surface area contributed by atoms with E-state index < -0.39 is 9.84 Å². The minimum absolute atomic E-state index is 0.0431. The van der Waals surface area contributed by atoms with Crippen LogP contribution in [0.3, 0.4) is 0 Å². The van der Waals surface area contributed by atoms with E-state index in [2.05, 4.69) is 10.3 Å². The molecule has 1 fully saturated rings. The van der Waals surface area contributed by atoms with Gasteiger partial charge in [-0.2, -0.15) is 0 Å². The number of carbonyl (C=O) groups is 1. The fourth-order valence-electron chi connectivity index (χ4n) is 2.94. The van der Waals surface area contributed by atoms with Gasteiger partial charge in [0.2, 0.25) is 5.91 Å². The number of hydrogen-bond donors (Lipinski definition) is 1. The summed E-state index contributed by atoms with van der Waals surface area (Å²) in [6, 6.07) is 10.2. The van der Waals surface area contributed by atoms with E-state index in [4.69, 9.17) is 4.74 Å². The van der Waals surface area contributed by atoms with Crippen molar-refractivity contribution < 1.29 is 17.9 Å². The number of nitrogens with zero attached hydrogens (tertiary/aromatic N) is 1. The average Bonchev–Trinajstić information content (AvgIpc) is 3.44. The minimum atomic E-state index is -3.33. The SMILES string of the molecule is COCCCS(=O)(=O)c1ccc(NC(=O)[C@@H]2C[C@H]2c2cccnc2)cc1. The van der Waals surface area contributed by atoms with Gasteiger partial charge in [0, 0.05) is 37.7 Å². The van der Waals surface area contributed by atoms with Crippen molar-refractivity contribution in [2.24, 2.45) is 5.92 Å². The van der Waals surface area contributed by atoms with Crippen LogP contribution in [0.5, 0.6) is 0 Å². The van der Waals surface area contributed by atoms with Crippen molar-refractivity contribution in [2.45, 2.75) is 23.7 Å². The first kappa shape index (κ1) is 18.5. The van der Waals surface area contributed by atoms with Gasteiger partial charge in [-0.1, -0.05) is 6.07 Å². The molecular weight excluding hydrogens is 352 g/mol. The van der Waals surface area contributed by atoms with E-state index in [0.29, 0.717) is 18.7 Å². The second-order valence-electron chi connectivity index (χ2n) is 6.41. The second kappa shape index (κ2) is 7.97. The summed E-state index contributed by atoms with van der Waals surface area (Å²) >= 11 is 0. The molecule has 1 heterocycles. The van der Waals surface area contributed by atoms with Gasteiger partial charge in [-0.05, 0) is 54.7 Å². The van der Waals surface area contributed by atoms with Gasteiger partial charge in [0.05, 0.1) is 10.6 Å². The van der Waals surface area contributed by atoms with E-state index in [-0.39, 0.29) is 28.4 Å². The zero-order valence-corrected chi connectivity index (χ0v) is 15.4. The van der Waals surface area contributed by atoms with Crippen molar-refractivity contribution in [3.63, 3.8) is 0 Å². The number of carbonyl (C=O) groups excluding carboxylic acids is 1. The predicted octanol–water partition coefficient (Wildman–Crippen LogP) is 2.63. The molecule has 6 nitrogen and oxygen atoms in total. The smallest absolute Gasteiger partial charge is 0.228 e. The van der Waals surface area contributed by atoms with Crippen molar-refractivity contribution >= 4 is 21.4 Å². The molecule has 26 heavy (non-hydrogen) atoms. The van der Waals surface area contributed by atoms with Gasteiger partial charge in [0.15, 0.2) is 9.84 Å². The first-order valence-corrected chi connectivity index (χ1v) is 10.2. The van der Waals surface area contributed by atoms with Gasteiger partial charge >= 0.3 is 0 Å². The molecule has 0 spiro atoms. The Hall–Kier alpha value is -2.25. The van der Waals surface area contributed by atoms with Crippen molar-refractivity contribution in [3.8, 4) is 0 Å². The Morgan fingerprint density at radius 2 is 2.04 bits per heavy atom. The Kier molecular flexibility index (Phi) is 5.68. The molecule has 2 atom stereocenters. The number of pyridine rings is 1. The lowest BCUT2D eigenvalue weighted by Crippen LogP contribution is -2.15. The van der Waals surface area contributed by atoms with Crippen LogP contribution < -0.4 is 5.32 Å². The predicted molar refractivity (Wildman–Crippen MR) is 98.7 cm³/mol. The topological polar surface area (TPSA) is 85.4 Å². The Balaban J connectivity index is 1.57. The summed E-state index contributed by atoms with van der Waals surface area (Å²) in [4.78, 5) is 16.7. The third-order valence-corrected chi connectivity index (χ3v) is 6.30. The quantitative estimate of drug-likeness (QED) is 0.718. The van der Waals surface area contributed by atoms with Gasteiger partial charge in [-0.25, -0.2) is 8.42 Å². The van der Waals surface area contributed by atoms with Crippen LogP contribution in [0.1, 0.15) is 24.3 Å². The minimum Gasteiger partial charge on any atom is -0.385 e. The molecule has 0 unspecified atom stereocenters. The van der Waals surface area contributed by atoms with E-state index in [1.54, 1.807) is 31.6 Å². The molecule has 7 heteroatoms. The highest BCUT2D eigenvalue weighted by Crippen LogP contribution is 2.47. The van der Waals surface area contributed by atoms with Gasteiger partial charge < -0.3 is 10.1 Å². The summed E-state index contributed by atoms with van der Waals surface area (Å²) in [5, 5.41) is 2.86. The van der Waals surface area contributed by atoms with E-state index in [1.807, 2.05) is 12.1 Å². The lowest BCUT2D eigenvalue weighted by atomic mass is 10.1. The Bertz CT molecular complexity index is 851. The molecule has 0 saturated heterocycles. The van der Waals surface area contributed by atoms with Crippen molar-refractivity contribution in [1.29, 1.82) is 0 Å². The van der Waals surface area contributed by atoms with Crippen LogP contribution in [0.4, 0.5) is 5.69 Å². The summed E-state index contributed by atoms with van der Waals surface area (Å²) in [6.07, 6.45) is 4.77. The fourth-order valence-corrected chi connectivity index (χ4v) is 4.22. The molecule has 0 aliphatic heterocycles. The van der Waals surface area contributed by atoms with E-state index >= 15 is 0 Å². The van der Waals surface area contributed by atoms with Gasteiger partial charge in [0.25, 0.3) is 0 Å². The highest BCUT2D eigenvalue weighted by molar-refractivity contribution is 7.91. The highest BCUT2D eigenvalue weighted by atomic mass is 32.2. The molecule has 138 valence electrons. The average molecular weight is 374 g/mol. The molecule has 3 rings (SSSR count). The number of anilines is 1. The number of amides is 1. The van der Waals surface area contributed by atoms with Gasteiger partial charge in [-0.3, -0.25) is 9.78 Å². The zero-order chi connectivity index (χ0) is 18.6. The molecule has 1 aliphatic rings. The van der Waals surface area contributed by atoms with Crippen LogP contribution in [-0.4, -0.2) is 38.8 Å². The second-order valence-corrected chi connectivity index (χ2v) is 8.52. The number of benzene rings is 1. The number of hydrogen-bond acceptors (Lipinski definition) is 5. The van der Waals surface area contributed by atoms with Crippen molar-refractivity contribution in [1.82, 2.24) is 4.98 Å². The molecule has 1 N–H and O–H groups in total. The number of sulfone groups is 1. The number of nitrogens with one attached hydrogen (secondary N) is 1. The summed E-state index contributed by atoms with van der Waals surface area (Å²) in [5.41, 5.74) is 1.67. The molecule has 1 aromatic heterocycles. The normalized spacial score (nSPS) is 19.1. The first-order valence-electron chi connectivity index (χ1n) is 8.54. The molecule has 1 aromatic carbocycles. The maximum Gasteiger partial charge on any atom is 0.228 e. The number of rotatable bonds is 8. The largest absolute Gasteiger partial charge is 0.385 e. The summed E-state index contributed by atoms with van der Waals surface area (Å²) in [5.74, 6) is 0.150. The van der Waals surface area contributed by atoms with Gasteiger partial charge in [-0.15, -0.1) is 0 Å². The van der Waals surface area contributed by atoms with Crippen LogP contribution in [0.2, 0.25) is 0 Å². The lowest BCUT2D eigenvalue weighted by molar-refractivity contribution is -0.117. The maximum atomic E-state index is 12.4. The number of ether oxygens (including phenoxy) is 1. The summed E-state index contributed by atoms with van der Waals surface area (Å²) in [6.45, 7) is 0.410. The molecule has 1 saturated carbocycles. The highest BCUT2D eigenvalue weighted by Gasteiger charge is 2.44. The zero-order valence-electron chi connectivity index (χ0n) is 14.6. The van der Waals surface area contributed by atoms with E-state index in [1.165, 1.54) is 12.1 Å². The van der Waals surface area contributed by atoms with Crippen molar-refractivity contribution in [3.05, 3.63) is 54.4 Å². The lowest BCUT2D eigenvalue weighted by Gasteiger charge is -2.08. The first-order chi connectivity index (χ1) is 12.5. The summed E-state index contributed by atoms with van der Waals surface area (Å²) in [7, 11) is -1.78. The number of methoxy groups -OCH3 is 1. The third-order valence-electron chi connectivity index (χ3n) is 4.48. The Morgan fingerprint density at radius 3 is 2.69 bits per heavy atom. The summed E-state index contributed by atoms with van der Waals surface area (Å²) < 4.78 is 29.3. The van der Waals surface area contributed by atoms with E-state index in [0.717, 1.165) is 12.0 Å². The van der Waals surface area contributed by atoms with E-state index in [9.17, 15) is 13.2 Å². The van der Waals surface area contributed by atoms with Crippen LogP contribution in [0.15, 0.2) is 53.7 Å².